The molecule has 0 saturated carbocycles. The number of alkyl halides is 3. The SMILES string of the molecule is CC(CCc1ccc(OCc2ccc(F)cc2C(F)(F)F)cc1)(C(=O)NO)S(C)(=O)=O. The van der Waals surface area contributed by atoms with Gasteiger partial charge >= 0.3 is 6.18 Å². The third kappa shape index (κ3) is 5.95. The molecule has 1 amide bonds. The maximum absolute atomic E-state index is 13.2. The highest BCUT2D eigenvalue weighted by atomic mass is 32.2. The predicted octanol–water partition coefficient (Wildman–Crippen LogP) is 3.66. The highest BCUT2D eigenvalue weighted by molar-refractivity contribution is 7.92. The summed E-state index contributed by atoms with van der Waals surface area (Å²) in [6.07, 6.45) is -3.77. The van der Waals surface area contributed by atoms with E-state index in [-0.39, 0.29) is 24.2 Å². The van der Waals surface area contributed by atoms with E-state index in [1.165, 1.54) is 24.5 Å². The van der Waals surface area contributed by atoms with E-state index in [2.05, 4.69) is 0 Å². The lowest BCUT2D eigenvalue weighted by molar-refractivity contribution is -0.138. The van der Waals surface area contributed by atoms with Gasteiger partial charge in [-0.3, -0.25) is 10.0 Å². The van der Waals surface area contributed by atoms with Gasteiger partial charge in [-0.1, -0.05) is 18.2 Å². The molecule has 0 saturated heterocycles. The Morgan fingerprint density at radius 2 is 1.74 bits per heavy atom. The minimum atomic E-state index is -4.72. The zero-order valence-corrected chi connectivity index (χ0v) is 17.5. The van der Waals surface area contributed by atoms with Gasteiger partial charge in [0.15, 0.2) is 9.84 Å². The summed E-state index contributed by atoms with van der Waals surface area (Å²) in [5.41, 5.74) is 0.667. The van der Waals surface area contributed by atoms with Crippen LogP contribution in [0.2, 0.25) is 0 Å². The Bertz CT molecular complexity index is 1040. The van der Waals surface area contributed by atoms with Gasteiger partial charge in [-0.05, 0) is 49.6 Å². The fourth-order valence-corrected chi connectivity index (χ4v) is 3.68. The fraction of sp³-hybridized carbons (Fsp3) is 0.350. The number of nitrogens with one attached hydrogen (secondary N) is 1. The molecule has 0 fully saturated rings. The first-order valence-corrected chi connectivity index (χ1v) is 10.9. The van der Waals surface area contributed by atoms with Crippen LogP contribution in [0.15, 0.2) is 42.5 Å². The maximum Gasteiger partial charge on any atom is 0.416 e. The van der Waals surface area contributed by atoms with Crippen molar-refractivity contribution in [3.05, 3.63) is 65.0 Å². The molecule has 0 aliphatic rings. The van der Waals surface area contributed by atoms with Gasteiger partial charge in [0, 0.05) is 11.8 Å². The second kappa shape index (κ2) is 9.23. The number of sulfone groups is 1. The fourth-order valence-electron chi connectivity index (χ4n) is 2.82. The molecule has 0 bridgehead atoms. The number of carbonyl (C=O) groups excluding carboxylic acids is 1. The maximum atomic E-state index is 13.2. The van der Waals surface area contributed by atoms with E-state index < -0.39 is 44.7 Å². The zero-order chi connectivity index (χ0) is 23.4. The summed E-state index contributed by atoms with van der Waals surface area (Å²) in [6.45, 7) is 0.767. The standard InChI is InChI=1S/C20H21F4NO5S/c1-19(18(26)25-27,31(2,28)29)10-9-13-3-7-16(8-4-13)30-12-14-5-6-15(21)11-17(14)20(22,23)24/h3-8,11,27H,9-10,12H2,1-2H3,(H,25,26). The normalized spacial score (nSPS) is 14.0. The molecule has 6 nitrogen and oxygen atoms in total. The molecule has 0 radical (unpaired) electrons. The summed E-state index contributed by atoms with van der Waals surface area (Å²) in [7, 11) is -3.83. The van der Waals surface area contributed by atoms with Crippen molar-refractivity contribution in [1.29, 1.82) is 0 Å². The second-order valence-electron chi connectivity index (χ2n) is 7.18. The van der Waals surface area contributed by atoms with Gasteiger partial charge in [0.25, 0.3) is 5.91 Å². The van der Waals surface area contributed by atoms with Crippen molar-refractivity contribution in [3.8, 4) is 5.75 Å². The first-order valence-electron chi connectivity index (χ1n) is 8.99. The van der Waals surface area contributed by atoms with Gasteiger partial charge in [-0.25, -0.2) is 18.3 Å². The van der Waals surface area contributed by atoms with E-state index in [0.717, 1.165) is 18.4 Å². The first-order chi connectivity index (χ1) is 14.3. The highest BCUT2D eigenvalue weighted by Crippen LogP contribution is 2.33. The van der Waals surface area contributed by atoms with Gasteiger partial charge in [0.05, 0.1) is 5.56 Å². The molecule has 2 N–H and O–H groups in total. The summed E-state index contributed by atoms with van der Waals surface area (Å²) in [6, 6.07) is 8.44. The van der Waals surface area contributed by atoms with Gasteiger partial charge in [-0.2, -0.15) is 13.2 Å². The van der Waals surface area contributed by atoms with Crippen LogP contribution in [-0.4, -0.2) is 30.5 Å². The molecule has 0 aromatic heterocycles. The molecule has 170 valence electrons. The summed E-state index contributed by atoms with van der Waals surface area (Å²) in [5, 5.41) is 8.83. The van der Waals surface area contributed by atoms with E-state index in [1.54, 1.807) is 12.1 Å². The molecule has 0 aliphatic heterocycles. The molecule has 1 atom stereocenters. The largest absolute Gasteiger partial charge is 0.489 e. The lowest BCUT2D eigenvalue weighted by atomic mass is 9.99. The third-order valence-corrected chi connectivity index (χ3v) is 7.01. The van der Waals surface area contributed by atoms with Gasteiger partial charge in [0.1, 0.15) is 22.9 Å². The molecule has 0 spiro atoms. The monoisotopic (exact) mass is 463 g/mol. The molecule has 2 rings (SSSR count). The van der Waals surface area contributed by atoms with Crippen molar-refractivity contribution in [2.45, 2.75) is 37.3 Å². The lowest BCUT2D eigenvalue weighted by Gasteiger charge is -2.25. The van der Waals surface area contributed by atoms with Crippen molar-refractivity contribution < 1.29 is 40.7 Å². The van der Waals surface area contributed by atoms with Crippen LogP contribution >= 0.6 is 0 Å². The molecule has 0 aliphatic carbocycles. The number of ether oxygens (including phenoxy) is 1. The summed E-state index contributed by atoms with van der Waals surface area (Å²) in [5.74, 6) is -1.80. The van der Waals surface area contributed by atoms with Crippen LogP contribution in [0, 0.1) is 5.82 Å². The Morgan fingerprint density at radius 1 is 1.13 bits per heavy atom. The lowest BCUT2D eigenvalue weighted by Crippen LogP contribution is -2.49. The van der Waals surface area contributed by atoms with E-state index in [1.807, 2.05) is 0 Å². The van der Waals surface area contributed by atoms with Crippen LogP contribution in [0.25, 0.3) is 0 Å². The van der Waals surface area contributed by atoms with E-state index in [4.69, 9.17) is 9.94 Å². The van der Waals surface area contributed by atoms with Crippen LogP contribution in [-0.2, 0) is 33.8 Å². The first kappa shape index (κ1) is 24.6. The molecule has 1 unspecified atom stereocenters. The Labute approximate surface area is 176 Å². The van der Waals surface area contributed by atoms with Crippen molar-refractivity contribution in [2.75, 3.05) is 6.26 Å². The number of hydrogen-bond acceptors (Lipinski definition) is 5. The Morgan fingerprint density at radius 3 is 2.26 bits per heavy atom. The number of benzene rings is 2. The molecular weight excluding hydrogens is 442 g/mol. The smallest absolute Gasteiger partial charge is 0.416 e. The zero-order valence-electron chi connectivity index (χ0n) is 16.7. The number of halogens is 4. The summed E-state index contributed by atoms with van der Waals surface area (Å²) in [4.78, 5) is 11.8. The van der Waals surface area contributed by atoms with Gasteiger partial charge < -0.3 is 4.74 Å². The van der Waals surface area contributed by atoms with Crippen LogP contribution in [0.5, 0.6) is 5.75 Å². The van der Waals surface area contributed by atoms with Crippen molar-refractivity contribution in [3.63, 3.8) is 0 Å². The Kier molecular flexibility index (Phi) is 7.32. The second-order valence-corrected chi connectivity index (χ2v) is 9.62. The highest BCUT2D eigenvalue weighted by Gasteiger charge is 2.43. The van der Waals surface area contributed by atoms with Crippen molar-refractivity contribution in [1.82, 2.24) is 5.48 Å². The number of amides is 1. The average molecular weight is 463 g/mol. The van der Waals surface area contributed by atoms with E-state index >= 15 is 0 Å². The summed E-state index contributed by atoms with van der Waals surface area (Å²) >= 11 is 0. The van der Waals surface area contributed by atoms with E-state index in [9.17, 15) is 30.8 Å². The van der Waals surface area contributed by atoms with Crippen LogP contribution in [0.1, 0.15) is 30.0 Å². The Hall–Kier alpha value is -2.66. The quantitative estimate of drug-likeness (QED) is 0.354. The van der Waals surface area contributed by atoms with Crippen LogP contribution in [0.3, 0.4) is 0 Å². The van der Waals surface area contributed by atoms with Crippen LogP contribution in [0.4, 0.5) is 17.6 Å². The number of aryl methyl sites for hydroxylation is 1. The number of carbonyl (C=O) groups is 1. The minimum absolute atomic E-state index is 0.108. The van der Waals surface area contributed by atoms with Crippen LogP contribution < -0.4 is 10.2 Å². The molecule has 2 aromatic rings. The topological polar surface area (TPSA) is 92.7 Å². The molecular formula is C20H21F4NO5S. The van der Waals surface area contributed by atoms with Gasteiger partial charge in [0.2, 0.25) is 0 Å². The van der Waals surface area contributed by atoms with Crippen molar-refractivity contribution >= 4 is 15.7 Å². The molecule has 11 heteroatoms. The molecule has 2 aromatic carbocycles. The minimum Gasteiger partial charge on any atom is -0.489 e. The number of hydrogen-bond donors (Lipinski definition) is 2. The predicted molar refractivity (Wildman–Crippen MR) is 104 cm³/mol. The van der Waals surface area contributed by atoms with E-state index in [0.29, 0.717) is 11.6 Å². The third-order valence-electron chi connectivity index (χ3n) is 4.99. The number of rotatable bonds is 8. The molecule has 31 heavy (non-hydrogen) atoms. The Balaban J connectivity index is 2.08. The van der Waals surface area contributed by atoms with Crippen molar-refractivity contribution in [2.24, 2.45) is 0 Å². The average Bonchev–Trinajstić information content (AvgIpc) is 2.69. The molecule has 0 heterocycles. The number of hydroxylamine groups is 1. The summed E-state index contributed by atoms with van der Waals surface area (Å²) < 4.78 is 79.8. The van der Waals surface area contributed by atoms with Gasteiger partial charge in [-0.15, -0.1) is 0 Å².